The Morgan fingerprint density at radius 2 is 0.894 bits per heavy atom. The van der Waals surface area contributed by atoms with Gasteiger partial charge in [0.1, 0.15) is 11.5 Å². The first-order valence-corrected chi connectivity index (χ1v) is 17.3. The molecule has 5 aromatic rings. The number of terminal acetylenes is 1. The topological polar surface area (TPSA) is 22.3 Å². The SMILES string of the molecule is C#CCCCCCCCCCOc1cc[n+](CCCOc2ccc(C(c3ccccc3)(c3ccccc3)c3ccccc3)cc2)cc1. The predicted molar refractivity (Wildman–Crippen MR) is 193 cm³/mol. The van der Waals surface area contributed by atoms with E-state index < -0.39 is 5.41 Å². The zero-order valence-electron chi connectivity index (χ0n) is 27.6. The monoisotopic (exact) mass is 622 g/mol. The lowest BCUT2D eigenvalue weighted by molar-refractivity contribution is -0.697. The molecule has 0 aliphatic carbocycles. The number of nitrogens with zero attached hydrogens (tertiary/aromatic N) is 1. The molecule has 0 unspecified atom stereocenters. The maximum absolute atomic E-state index is 6.21. The summed E-state index contributed by atoms with van der Waals surface area (Å²) in [5, 5.41) is 0. The summed E-state index contributed by atoms with van der Waals surface area (Å²) in [6.07, 6.45) is 19.9. The van der Waals surface area contributed by atoms with E-state index in [0.717, 1.165) is 50.3 Å². The van der Waals surface area contributed by atoms with Crippen LogP contribution in [0.1, 0.15) is 80.0 Å². The second-order valence-corrected chi connectivity index (χ2v) is 12.1. The Hall–Kier alpha value is -4.81. The summed E-state index contributed by atoms with van der Waals surface area (Å²) in [6.45, 7) is 2.31. The zero-order chi connectivity index (χ0) is 32.4. The van der Waals surface area contributed by atoms with Gasteiger partial charge in [0.05, 0.1) is 18.6 Å². The third-order valence-corrected chi connectivity index (χ3v) is 8.83. The highest BCUT2D eigenvalue weighted by molar-refractivity contribution is 5.60. The van der Waals surface area contributed by atoms with Crippen LogP contribution in [0.5, 0.6) is 11.5 Å². The zero-order valence-corrected chi connectivity index (χ0v) is 27.6. The maximum Gasteiger partial charge on any atom is 0.172 e. The number of unbranched alkanes of at least 4 members (excludes halogenated alkanes) is 7. The van der Waals surface area contributed by atoms with Crippen LogP contribution in [0, 0.1) is 12.3 Å². The van der Waals surface area contributed by atoms with Gasteiger partial charge in [-0.25, -0.2) is 4.57 Å². The Labute approximate surface area is 282 Å². The molecule has 0 N–H and O–H groups in total. The molecule has 0 aliphatic heterocycles. The van der Waals surface area contributed by atoms with Crippen molar-refractivity contribution in [1.82, 2.24) is 0 Å². The molecule has 5 rings (SSSR count). The van der Waals surface area contributed by atoms with Gasteiger partial charge in [-0.2, -0.15) is 0 Å². The van der Waals surface area contributed by atoms with E-state index in [9.17, 15) is 0 Å². The minimum atomic E-state index is -0.447. The number of aromatic nitrogens is 1. The highest BCUT2D eigenvalue weighted by Gasteiger charge is 2.38. The number of ether oxygens (including phenoxy) is 2. The van der Waals surface area contributed by atoms with Gasteiger partial charge in [-0.05, 0) is 47.2 Å². The van der Waals surface area contributed by atoms with Crippen LogP contribution in [0.25, 0.3) is 0 Å². The number of hydrogen-bond acceptors (Lipinski definition) is 2. The molecule has 0 saturated heterocycles. The summed E-state index contributed by atoms with van der Waals surface area (Å²) in [5.41, 5.74) is 4.46. The molecular weight excluding hydrogens is 574 g/mol. The Kier molecular flexibility index (Phi) is 13.1. The van der Waals surface area contributed by atoms with Crippen LogP contribution >= 0.6 is 0 Å². The lowest BCUT2D eigenvalue weighted by atomic mass is 9.65. The van der Waals surface area contributed by atoms with Crippen LogP contribution in [-0.2, 0) is 12.0 Å². The standard InChI is InChI=1S/C44H48NO2/c1-2-3-4-5-6-7-8-9-19-36-46-43-31-34-45(35-32-43)33-20-37-47-42-29-27-41(28-30-42)44(38-21-13-10-14-22-38,39-23-15-11-16-24-39)40-25-17-12-18-26-40/h1,10-18,21-32,34-35H,3-9,19-20,33,36-37H2/q+1. The Bertz CT molecular complexity index is 1510. The summed E-state index contributed by atoms with van der Waals surface area (Å²) in [7, 11) is 0. The van der Waals surface area contributed by atoms with Gasteiger partial charge in [0.25, 0.3) is 0 Å². The molecule has 0 atom stereocenters. The molecule has 0 amide bonds. The largest absolute Gasteiger partial charge is 0.493 e. The predicted octanol–water partition coefficient (Wildman–Crippen LogP) is 9.96. The Morgan fingerprint density at radius 3 is 1.40 bits per heavy atom. The van der Waals surface area contributed by atoms with Crippen molar-refractivity contribution >= 4 is 0 Å². The molecule has 3 heteroatoms. The summed E-state index contributed by atoms with van der Waals surface area (Å²) >= 11 is 0. The van der Waals surface area contributed by atoms with Crippen LogP contribution in [-0.4, -0.2) is 13.2 Å². The van der Waals surface area contributed by atoms with Crippen molar-refractivity contribution in [1.29, 1.82) is 0 Å². The average Bonchev–Trinajstić information content (AvgIpc) is 3.14. The summed E-state index contributed by atoms with van der Waals surface area (Å²) in [6, 6.07) is 45.2. The Balaban J connectivity index is 1.12. The molecule has 0 aliphatic rings. The van der Waals surface area contributed by atoms with Gasteiger partial charge in [-0.1, -0.05) is 135 Å². The fraction of sp³-hybridized carbons (Fsp3) is 0.295. The van der Waals surface area contributed by atoms with Crippen molar-refractivity contribution in [2.24, 2.45) is 0 Å². The minimum absolute atomic E-state index is 0.447. The van der Waals surface area contributed by atoms with Gasteiger partial charge in [0.2, 0.25) is 0 Å². The fourth-order valence-corrected chi connectivity index (χ4v) is 6.39. The quantitative estimate of drug-likeness (QED) is 0.0396. The van der Waals surface area contributed by atoms with Crippen molar-refractivity contribution < 1.29 is 14.0 Å². The highest BCUT2D eigenvalue weighted by atomic mass is 16.5. The summed E-state index contributed by atoms with van der Waals surface area (Å²) < 4.78 is 14.4. The minimum Gasteiger partial charge on any atom is -0.493 e. The molecule has 1 heterocycles. The van der Waals surface area contributed by atoms with Gasteiger partial charge in [-0.15, -0.1) is 12.3 Å². The van der Waals surface area contributed by atoms with Gasteiger partial charge in [-0.3, -0.25) is 0 Å². The average molecular weight is 623 g/mol. The van der Waals surface area contributed by atoms with Crippen LogP contribution < -0.4 is 14.0 Å². The van der Waals surface area contributed by atoms with Crippen molar-refractivity contribution in [3.63, 3.8) is 0 Å². The molecule has 0 saturated carbocycles. The van der Waals surface area contributed by atoms with E-state index in [1.165, 1.54) is 54.4 Å². The van der Waals surface area contributed by atoms with Gasteiger partial charge in [0.15, 0.2) is 18.9 Å². The van der Waals surface area contributed by atoms with Gasteiger partial charge in [0, 0.05) is 25.0 Å². The van der Waals surface area contributed by atoms with E-state index in [2.05, 4.69) is 150 Å². The Morgan fingerprint density at radius 1 is 0.468 bits per heavy atom. The highest BCUT2D eigenvalue weighted by Crippen LogP contribution is 2.45. The molecule has 0 fully saturated rings. The number of hydrogen-bond donors (Lipinski definition) is 0. The van der Waals surface area contributed by atoms with E-state index in [1.807, 2.05) is 0 Å². The van der Waals surface area contributed by atoms with Crippen molar-refractivity contribution in [3.05, 3.63) is 162 Å². The molecule has 240 valence electrons. The summed E-state index contributed by atoms with van der Waals surface area (Å²) in [4.78, 5) is 0. The van der Waals surface area contributed by atoms with Gasteiger partial charge < -0.3 is 9.47 Å². The van der Waals surface area contributed by atoms with E-state index in [0.29, 0.717) is 6.61 Å². The van der Waals surface area contributed by atoms with Crippen molar-refractivity contribution in [3.8, 4) is 23.8 Å². The van der Waals surface area contributed by atoms with E-state index >= 15 is 0 Å². The van der Waals surface area contributed by atoms with Crippen molar-refractivity contribution in [2.75, 3.05) is 13.2 Å². The number of pyridine rings is 1. The molecule has 0 bridgehead atoms. The fourth-order valence-electron chi connectivity index (χ4n) is 6.39. The normalized spacial score (nSPS) is 11.1. The van der Waals surface area contributed by atoms with E-state index in [4.69, 9.17) is 15.9 Å². The second-order valence-electron chi connectivity index (χ2n) is 12.1. The molecule has 0 radical (unpaired) electrons. The first-order valence-electron chi connectivity index (χ1n) is 17.3. The van der Waals surface area contributed by atoms with Crippen molar-refractivity contribution in [2.45, 2.75) is 69.7 Å². The molecule has 0 spiro atoms. The molecule has 3 nitrogen and oxygen atoms in total. The smallest absolute Gasteiger partial charge is 0.172 e. The van der Waals surface area contributed by atoms with Crippen LogP contribution in [0.15, 0.2) is 140 Å². The molecule has 4 aromatic carbocycles. The summed E-state index contributed by atoms with van der Waals surface area (Å²) in [5.74, 6) is 4.54. The van der Waals surface area contributed by atoms with E-state index in [1.54, 1.807) is 0 Å². The molecular formula is C44H48NO2+. The number of aryl methyl sites for hydroxylation is 1. The first kappa shape index (κ1) is 33.6. The van der Waals surface area contributed by atoms with Gasteiger partial charge >= 0.3 is 0 Å². The van der Waals surface area contributed by atoms with Crippen LogP contribution in [0.2, 0.25) is 0 Å². The third-order valence-electron chi connectivity index (χ3n) is 8.83. The second kappa shape index (κ2) is 18.4. The third kappa shape index (κ3) is 9.36. The first-order chi connectivity index (χ1) is 23.3. The van der Waals surface area contributed by atoms with Crippen LogP contribution in [0.3, 0.4) is 0 Å². The number of rotatable bonds is 19. The van der Waals surface area contributed by atoms with Crippen LogP contribution in [0.4, 0.5) is 0 Å². The maximum atomic E-state index is 6.21. The lowest BCUT2D eigenvalue weighted by Crippen LogP contribution is -2.33. The van der Waals surface area contributed by atoms with E-state index in [-0.39, 0.29) is 0 Å². The lowest BCUT2D eigenvalue weighted by Gasteiger charge is -2.36. The number of benzene rings is 4. The molecule has 47 heavy (non-hydrogen) atoms. The molecule has 1 aromatic heterocycles.